The number of carbonyl (C=O) groups is 1. The minimum Gasteiger partial charge on any atom is -0.354 e. The Balaban J connectivity index is 1.45. The van der Waals surface area contributed by atoms with Crippen molar-refractivity contribution < 1.29 is 4.79 Å². The van der Waals surface area contributed by atoms with Crippen molar-refractivity contribution in [3.63, 3.8) is 0 Å². The van der Waals surface area contributed by atoms with Gasteiger partial charge in [0, 0.05) is 37.0 Å². The molecule has 0 fully saturated rings. The highest BCUT2D eigenvalue weighted by Crippen LogP contribution is 2.10. The molecule has 31 heavy (non-hydrogen) atoms. The van der Waals surface area contributed by atoms with E-state index in [0.29, 0.717) is 25.3 Å². The lowest BCUT2D eigenvalue weighted by atomic mass is 10.1. The summed E-state index contributed by atoms with van der Waals surface area (Å²) in [5.74, 6) is 1.15. The van der Waals surface area contributed by atoms with Gasteiger partial charge >= 0.3 is 0 Å². The van der Waals surface area contributed by atoms with Gasteiger partial charge in [0.2, 0.25) is 11.9 Å². The number of anilines is 1. The predicted octanol–water partition coefficient (Wildman–Crippen LogP) is 2.52. The summed E-state index contributed by atoms with van der Waals surface area (Å²) < 4.78 is 1.93. The molecule has 0 spiro atoms. The monoisotopic (exact) mass is 415 g/mol. The Morgan fingerprint density at radius 3 is 2.52 bits per heavy atom. The van der Waals surface area contributed by atoms with Crippen molar-refractivity contribution in [2.45, 2.75) is 32.7 Å². The van der Waals surface area contributed by atoms with Gasteiger partial charge in [0.25, 0.3) is 0 Å². The molecule has 1 atom stereocenters. The van der Waals surface area contributed by atoms with Gasteiger partial charge in [0.15, 0.2) is 5.65 Å². The molecule has 3 aromatic heterocycles. The van der Waals surface area contributed by atoms with Crippen LogP contribution in [0.3, 0.4) is 0 Å². The standard InChI is InChI=1S/C23H25N7O/c1-16-14-17(2)26-23(25-16)27-19(15-18-8-4-3-5-9-18)22(31)24-12-11-21-29-28-20-10-6-7-13-30(20)21/h3-10,13-14,19H,11-12,15H2,1-2H3,(H,24,31)(H,25,26,27)/t19-/m1/s1. The molecule has 0 unspecified atom stereocenters. The number of benzene rings is 1. The van der Waals surface area contributed by atoms with Gasteiger partial charge in [0.05, 0.1) is 0 Å². The van der Waals surface area contributed by atoms with Crippen LogP contribution in [-0.4, -0.2) is 43.1 Å². The van der Waals surface area contributed by atoms with E-state index in [-0.39, 0.29) is 5.91 Å². The first-order valence-electron chi connectivity index (χ1n) is 10.3. The van der Waals surface area contributed by atoms with Crippen LogP contribution in [0.5, 0.6) is 0 Å². The van der Waals surface area contributed by atoms with Crippen LogP contribution in [0.15, 0.2) is 60.8 Å². The predicted molar refractivity (Wildman–Crippen MR) is 119 cm³/mol. The highest BCUT2D eigenvalue weighted by molar-refractivity contribution is 5.84. The molecule has 0 saturated heterocycles. The Labute approximate surface area is 180 Å². The summed E-state index contributed by atoms with van der Waals surface area (Å²) in [5.41, 5.74) is 3.56. The second-order valence-corrected chi connectivity index (χ2v) is 7.45. The van der Waals surface area contributed by atoms with Gasteiger partial charge in [-0.05, 0) is 37.6 Å². The second kappa shape index (κ2) is 9.34. The summed E-state index contributed by atoms with van der Waals surface area (Å²) in [7, 11) is 0. The van der Waals surface area contributed by atoms with Gasteiger partial charge in [-0.2, -0.15) is 0 Å². The van der Waals surface area contributed by atoms with E-state index < -0.39 is 6.04 Å². The molecule has 4 aromatic rings. The summed E-state index contributed by atoms with van der Waals surface area (Å²) in [4.78, 5) is 21.9. The number of amides is 1. The molecule has 0 aliphatic heterocycles. The summed E-state index contributed by atoms with van der Waals surface area (Å²) in [6.07, 6.45) is 3.02. The van der Waals surface area contributed by atoms with Gasteiger partial charge in [-0.1, -0.05) is 36.4 Å². The summed E-state index contributed by atoms with van der Waals surface area (Å²) >= 11 is 0. The number of rotatable bonds is 8. The lowest BCUT2D eigenvalue weighted by molar-refractivity contribution is -0.121. The first-order valence-corrected chi connectivity index (χ1v) is 10.3. The topological polar surface area (TPSA) is 97.1 Å². The van der Waals surface area contributed by atoms with Crippen LogP contribution < -0.4 is 10.6 Å². The van der Waals surface area contributed by atoms with Crippen molar-refractivity contribution in [1.82, 2.24) is 29.9 Å². The molecular formula is C23H25N7O. The van der Waals surface area contributed by atoms with E-state index in [9.17, 15) is 4.79 Å². The maximum absolute atomic E-state index is 13.0. The number of aromatic nitrogens is 5. The maximum Gasteiger partial charge on any atom is 0.242 e. The number of hydrogen-bond acceptors (Lipinski definition) is 6. The van der Waals surface area contributed by atoms with Crippen LogP contribution in [0.4, 0.5) is 5.95 Å². The molecule has 0 aliphatic rings. The third kappa shape index (κ3) is 5.22. The minimum absolute atomic E-state index is 0.111. The molecule has 1 aromatic carbocycles. The number of nitrogens with zero attached hydrogens (tertiary/aromatic N) is 5. The smallest absolute Gasteiger partial charge is 0.242 e. The maximum atomic E-state index is 13.0. The van der Waals surface area contributed by atoms with Crippen molar-refractivity contribution >= 4 is 17.5 Å². The zero-order chi connectivity index (χ0) is 21.6. The zero-order valence-corrected chi connectivity index (χ0v) is 17.6. The third-order valence-electron chi connectivity index (χ3n) is 4.92. The number of nitrogens with one attached hydrogen (secondary N) is 2. The van der Waals surface area contributed by atoms with Crippen LogP contribution in [0.1, 0.15) is 22.8 Å². The lowest BCUT2D eigenvalue weighted by Crippen LogP contribution is -2.42. The second-order valence-electron chi connectivity index (χ2n) is 7.45. The molecule has 0 saturated carbocycles. The van der Waals surface area contributed by atoms with E-state index in [1.807, 2.05) is 79.0 Å². The average Bonchev–Trinajstić information content (AvgIpc) is 3.16. The van der Waals surface area contributed by atoms with E-state index in [4.69, 9.17) is 0 Å². The van der Waals surface area contributed by atoms with Crippen molar-refractivity contribution in [3.8, 4) is 0 Å². The quantitative estimate of drug-likeness (QED) is 0.459. The highest BCUT2D eigenvalue weighted by Gasteiger charge is 2.20. The van der Waals surface area contributed by atoms with E-state index in [0.717, 1.165) is 28.4 Å². The van der Waals surface area contributed by atoms with Crippen LogP contribution in [-0.2, 0) is 17.6 Å². The fourth-order valence-corrected chi connectivity index (χ4v) is 3.49. The summed E-state index contributed by atoms with van der Waals surface area (Å²) in [6.45, 7) is 4.28. The van der Waals surface area contributed by atoms with Crippen LogP contribution in [0.25, 0.3) is 5.65 Å². The van der Waals surface area contributed by atoms with Gasteiger partial charge < -0.3 is 10.6 Å². The third-order valence-corrected chi connectivity index (χ3v) is 4.92. The molecule has 158 valence electrons. The van der Waals surface area contributed by atoms with Gasteiger partial charge in [0.1, 0.15) is 11.9 Å². The number of fused-ring (bicyclic) bond motifs is 1. The molecule has 0 bridgehead atoms. The zero-order valence-electron chi connectivity index (χ0n) is 17.6. The van der Waals surface area contributed by atoms with E-state index >= 15 is 0 Å². The van der Waals surface area contributed by atoms with Gasteiger partial charge in [-0.15, -0.1) is 10.2 Å². The highest BCUT2D eigenvalue weighted by atomic mass is 16.2. The SMILES string of the molecule is Cc1cc(C)nc(N[C@H](Cc2ccccc2)C(=O)NCCc2nnc3ccccn23)n1. The average molecular weight is 416 g/mol. The molecule has 3 heterocycles. The van der Waals surface area contributed by atoms with Crippen molar-refractivity contribution in [1.29, 1.82) is 0 Å². The Morgan fingerprint density at radius 2 is 1.74 bits per heavy atom. The van der Waals surface area contributed by atoms with Crippen molar-refractivity contribution in [2.24, 2.45) is 0 Å². The Morgan fingerprint density at radius 1 is 1.00 bits per heavy atom. The Hall–Kier alpha value is -3.81. The fourth-order valence-electron chi connectivity index (χ4n) is 3.49. The van der Waals surface area contributed by atoms with Crippen molar-refractivity contribution in [2.75, 3.05) is 11.9 Å². The number of hydrogen-bond donors (Lipinski definition) is 2. The summed E-state index contributed by atoms with van der Waals surface area (Å²) in [5, 5.41) is 14.6. The number of carbonyl (C=O) groups excluding carboxylic acids is 1. The molecule has 1 amide bonds. The van der Waals surface area contributed by atoms with Crippen LogP contribution in [0, 0.1) is 13.8 Å². The lowest BCUT2D eigenvalue weighted by Gasteiger charge is -2.19. The van der Waals surface area contributed by atoms with E-state index in [1.165, 1.54) is 0 Å². The summed E-state index contributed by atoms with van der Waals surface area (Å²) in [6, 6.07) is 17.1. The fraction of sp³-hybridized carbons (Fsp3) is 0.261. The van der Waals surface area contributed by atoms with Crippen molar-refractivity contribution in [3.05, 3.63) is 83.6 Å². The van der Waals surface area contributed by atoms with Crippen LogP contribution >= 0.6 is 0 Å². The number of aryl methyl sites for hydroxylation is 2. The molecule has 8 nitrogen and oxygen atoms in total. The van der Waals surface area contributed by atoms with Gasteiger partial charge in [-0.25, -0.2) is 9.97 Å². The minimum atomic E-state index is -0.501. The number of pyridine rings is 1. The molecular weight excluding hydrogens is 390 g/mol. The molecule has 0 aliphatic carbocycles. The molecule has 8 heteroatoms. The van der Waals surface area contributed by atoms with E-state index in [1.54, 1.807) is 0 Å². The van der Waals surface area contributed by atoms with Crippen LogP contribution in [0.2, 0.25) is 0 Å². The first kappa shape index (κ1) is 20.5. The molecule has 2 N–H and O–H groups in total. The van der Waals surface area contributed by atoms with Gasteiger partial charge in [-0.3, -0.25) is 9.20 Å². The Kier molecular flexibility index (Phi) is 6.16. The molecule has 0 radical (unpaired) electrons. The largest absolute Gasteiger partial charge is 0.354 e. The van der Waals surface area contributed by atoms with E-state index in [2.05, 4.69) is 30.8 Å². The normalized spacial score (nSPS) is 11.9. The molecule has 4 rings (SSSR count). The Bertz CT molecular complexity index is 1150. The first-order chi connectivity index (χ1) is 15.1.